The Morgan fingerprint density at radius 2 is 1.23 bits per heavy atom. The fourth-order valence-corrected chi connectivity index (χ4v) is 16.3. The lowest BCUT2D eigenvalue weighted by Crippen LogP contribution is -2.43. The average Bonchev–Trinajstić information content (AvgIpc) is 1.06. The van der Waals surface area contributed by atoms with Crippen LogP contribution in [0, 0.1) is 5.92 Å². The lowest BCUT2D eigenvalue weighted by molar-refractivity contribution is -0.126. The number of nitrogens with zero attached hydrogens (tertiary/aromatic N) is 8. The van der Waals surface area contributed by atoms with Crippen molar-refractivity contribution in [3.63, 3.8) is 0 Å². The molecule has 0 atom stereocenters. The number of imidazole rings is 1. The maximum atomic E-state index is 15.1. The van der Waals surface area contributed by atoms with E-state index in [9.17, 15) is 45.4 Å². The van der Waals surface area contributed by atoms with E-state index in [0.717, 1.165) is 22.2 Å². The number of ether oxygens (including phenoxy) is 1. The zero-order chi connectivity index (χ0) is 77.7. The monoisotopic (exact) mass is 1540 g/mol. The van der Waals surface area contributed by atoms with E-state index in [1.807, 2.05) is 123 Å². The molecule has 1 fully saturated rings. The number of nitrogens with two attached hydrogens (primary N) is 1. The molecule has 2 aromatic heterocycles. The first kappa shape index (κ1) is 74.7. The van der Waals surface area contributed by atoms with Gasteiger partial charge in [-0.05, 0) is 133 Å². The lowest BCUT2D eigenvalue weighted by Gasteiger charge is -2.31. The minimum Gasteiger partial charge on any atom is -0.478 e. The molecule has 14 rings (SSSR count). The predicted octanol–water partition coefficient (Wildman–Crippen LogP) is 10.4. The van der Waals surface area contributed by atoms with Gasteiger partial charge in [0.15, 0.2) is 11.2 Å². The smallest absolute Gasteiger partial charge is 0.336 e. The van der Waals surface area contributed by atoms with Crippen LogP contribution < -0.4 is 50.8 Å². The van der Waals surface area contributed by atoms with Gasteiger partial charge in [-0.2, -0.15) is 35.7 Å². The van der Waals surface area contributed by atoms with Gasteiger partial charge in [0.2, 0.25) is 44.2 Å². The first-order valence-electron chi connectivity index (χ1n) is 34.9. The van der Waals surface area contributed by atoms with Gasteiger partial charge in [-0.3, -0.25) is 18.7 Å². The summed E-state index contributed by atoms with van der Waals surface area (Å²) in [5, 5.41) is 19.3. The number of aryl methyl sites for hydroxylation is 1. The van der Waals surface area contributed by atoms with Gasteiger partial charge >= 0.3 is 5.97 Å². The van der Waals surface area contributed by atoms with E-state index in [0.29, 0.717) is 126 Å². The van der Waals surface area contributed by atoms with Gasteiger partial charge in [-0.15, -0.1) is 0 Å². The molecule has 0 saturated carbocycles. The van der Waals surface area contributed by atoms with Crippen LogP contribution in [0.25, 0.3) is 78.0 Å². The minimum atomic E-state index is -4.45. The Labute approximate surface area is 632 Å². The van der Waals surface area contributed by atoms with Gasteiger partial charge in [0.25, 0.3) is 26.1 Å². The van der Waals surface area contributed by atoms with Gasteiger partial charge in [0, 0.05) is 157 Å². The zero-order valence-corrected chi connectivity index (χ0v) is 62.9. The Bertz CT molecular complexity index is 6270. The maximum Gasteiger partial charge on any atom is 0.336 e. The molecule has 562 valence electrons. The van der Waals surface area contributed by atoms with E-state index in [1.165, 1.54) is 40.7 Å². The Morgan fingerprint density at radius 1 is 0.636 bits per heavy atom. The molecule has 30 heteroatoms. The Hall–Kier alpha value is -12.2. The number of H-pyrrole nitrogens is 1. The molecule has 5 heterocycles. The molecular weight excluding hydrogens is 1470 g/mol. The van der Waals surface area contributed by atoms with Crippen LogP contribution in [-0.2, 0) is 54.6 Å². The summed E-state index contributed by atoms with van der Waals surface area (Å²) in [6.07, 6.45) is 1.43. The Kier molecular flexibility index (Phi) is 20.4. The SMILES string of the molecule is CN(C)c1ccc2c(-c3cc(C(=O)NCc4ccc(COc5nc(N)nc6[nH]c(CCCNC(=O)C7CCN(S(=O)(=O)c8ccccc8-c8c9ccc(=[N+](C)c%10ccc(S(=O)(=O)O)cc%10)cc-9oc9cc(N(C)c%10ccc(S(=O)(=O)O)cc%10)ccc89)CC7)nc56)cc4)ccc3C(=O)O)c3ccc(=[N+](C)C)cc-3oc2c1. The molecule has 110 heavy (non-hydrogen) atoms. The average molecular weight is 1540 g/mol. The van der Waals surface area contributed by atoms with Crippen molar-refractivity contribution in [3.8, 4) is 50.8 Å². The van der Waals surface area contributed by atoms with E-state index < -0.39 is 48.1 Å². The largest absolute Gasteiger partial charge is 0.478 e. The van der Waals surface area contributed by atoms with Crippen LogP contribution in [0.3, 0.4) is 0 Å². The molecule has 27 nitrogen and oxygen atoms in total. The van der Waals surface area contributed by atoms with E-state index in [1.54, 1.807) is 90.3 Å². The molecule has 0 radical (unpaired) electrons. The molecule has 2 amide bonds. The van der Waals surface area contributed by atoms with E-state index >= 15 is 8.42 Å². The van der Waals surface area contributed by atoms with Crippen molar-refractivity contribution in [1.82, 2.24) is 44.0 Å². The molecule has 0 bridgehead atoms. The number of anilines is 4. The van der Waals surface area contributed by atoms with Crippen molar-refractivity contribution in [2.24, 2.45) is 5.92 Å². The van der Waals surface area contributed by atoms with Crippen LogP contribution in [0.5, 0.6) is 5.88 Å². The number of aromatic nitrogens is 4. The number of fused-ring (bicyclic) bond motifs is 5. The summed E-state index contributed by atoms with van der Waals surface area (Å²) in [5.41, 5.74) is 15.5. The highest BCUT2D eigenvalue weighted by Crippen LogP contribution is 2.46. The standard InChI is InChI=1S/C80H74N12O15S3/c1-88(2)53-22-31-62-66(41-53)106-67-42-54(89(3)4)23-32-63(67)73(62)65-40-50(17-30-59(65)79(95)96)77(94)83-45-47-13-15-48(16-14-47)46-105-78-74-75(86-80(81)87-78)85-71(84-74)12-9-37-82-76(93)49-35-38-92(39-36-49)108(97,98)70-11-8-7-10-64(70)72-60-33-24-55(90(5)51-18-26-57(27-19-51)109(99,100)101)43-68(60)107-69-44-56(25-34-61(69)72)91(6)52-20-28-58(29-21-52)110(102,103)104/h7-8,10-11,13-34,40-44,49H,9,12,35-39,45-46H2,1-6H3,(H6-2,81,82,83,84,85,86,87,93,94,95,96,99,100,101,102,103,104)/p+2. The third kappa shape index (κ3) is 15.4. The highest BCUT2D eigenvalue weighted by atomic mass is 32.2. The summed E-state index contributed by atoms with van der Waals surface area (Å²) in [6, 6.07) is 52.4. The van der Waals surface area contributed by atoms with Crippen LogP contribution in [0.15, 0.2) is 212 Å². The molecule has 0 unspecified atom stereocenters. The molecule has 1 saturated heterocycles. The highest BCUT2D eigenvalue weighted by molar-refractivity contribution is 7.89. The maximum absolute atomic E-state index is 15.1. The predicted molar refractivity (Wildman–Crippen MR) is 417 cm³/mol. The van der Waals surface area contributed by atoms with Crippen LogP contribution in [-0.4, -0.2) is 143 Å². The molecule has 9 aromatic rings. The third-order valence-corrected chi connectivity index (χ3v) is 23.4. The highest BCUT2D eigenvalue weighted by Gasteiger charge is 2.35. The second kappa shape index (κ2) is 30.1. The number of carboxylic acids is 1. The first-order chi connectivity index (χ1) is 52.5. The Morgan fingerprint density at radius 3 is 1.86 bits per heavy atom. The van der Waals surface area contributed by atoms with Crippen molar-refractivity contribution >= 4 is 110 Å². The number of benzene rings is 9. The molecular formula is C80H76N12O15S3+2. The molecule has 7 aromatic carbocycles. The number of hydrogen-bond donors (Lipinski definition) is 7. The Balaban J connectivity index is 0.610. The number of rotatable bonds is 22. The molecule has 5 aliphatic rings. The van der Waals surface area contributed by atoms with Crippen molar-refractivity contribution in [3.05, 3.63) is 227 Å². The van der Waals surface area contributed by atoms with E-state index in [4.69, 9.17) is 24.3 Å². The summed E-state index contributed by atoms with van der Waals surface area (Å²) in [5.74, 6) is -0.620. The van der Waals surface area contributed by atoms with Crippen LogP contribution >= 0.6 is 0 Å². The normalized spacial score (nSPS) is 13.4. The van der Waals surface area contributed by atoms with E-state index in [2.05, 4.69) is 25.6 Å². The summed E-state index contributed by atoms with van der Waals surface area (Å²) in [4.78, 5) is 60.4. The van der Waals surface area contributed by atoms with E-state index in [-0.39, 0.29) is 82.6 Å². The van der Waals surface area contributed by atoms with Crippen molar-refractivity contribution in [2.75, 3.05) is 77.5 Å². The van der Waals surface area contributed by atoms with Gasteiger partial charge in [-0.25, -0.2) is 22.8 Å². The number of sulfonamides is 1. The summed E-state index contributed by atoms with van der Waals surface area (Å²) in [6.45, 7) is 0.690. The number of nitrogen functional groups attached to an aromatic ring is 1. The number of carbonyl (C=O) groups excluding carboxylic acids is 2. The first-order valence-corrected chi connectivity index (χ1v) is 39.3. The number of aromatic amines is 1. The third-order valence-electron chi connectivity index (χ3n) is 19.7. The zero-order valence-electron chi connectivity index (χ0n) is 60.5. The van der Waals surface area contributed by atoms with Crippen LogP contribution in [0.1, 0.15) is 56.9 Å². The van der Waals surface area contributed by atoms with Gasteiger partial charge in [0.05, 0.1) is 32.4 Å². The van der Waals surface area contributed by atoms with Gasteiger partial charge in [-0.1, -0.05) is 42.5 Å². The second-order valence-electron chi connectivity index (χ2n) is 27.2. The van der Waals surface area contributed by atoms with Crippen LogP contribution in [0.4, 0.5) is 28.7 Å². The van der Waals surface area contributed by atoms with Crippen molar-refractivity contribution < 1.29 is 67.4 Å². The number of amides is 2. The second-order valence-corrected chi connectivity index (χ2v) is 32.0. The fourth-order valence-electron chi connectivity index (χ4n) is 13.7. The number of carboxylic acid groups (broad SMARTS) is 1. The fraction of sp³-hybridized carbons (Fsp3) is 0.200. The van der Waals surface area contributed by atoms with Crippen molar-refractivity contribution in [1.29, 1.82) is 0 Å². The van der Waals surface area contributed by atoms with Crippen molar-refractivity contribution in [2.45, 2.75) is 53.5 Å². The molecule has 0 spiro atoms. The molecule has 8 N–H and O–H groups in total. The molecule has 3 aliphatic heterocycles. The van der Waals surface area contributed by atoms with Gasteiger partial charge in [0.1, 0.15) is 56.3 Å². The number of hydrogen-bond acceptors (Lipinski definition) is 18. The number of carbonyl (C=O) groups is 3. The van der Waals surface area contributed by atoms with Crippen LogP contribution in [0.2, 0.25) is 0 Å². The number of piperidine rings is 1. The summed E-state index contributed by atoms with van der Waals surface area (Å²) >= 11 is 0. The number of aromatic carboxylic acids is 1. The summed E-state index contributed by atoms with van der Waals surface area (Å²) in [7, 11) is -1.88. The minimum absolute atomic E-state index is 0.0277. The number of nitrogens with one attached hydrogen (secondary N) is 3. The quantitative estimate of drug-likeness (QED) is 0.0143. The summed E-state index contributed by atoms with van der Waals surface area (Å²) < 4.78 is 121. The molecule has 2 aliphatic carbocycles. The lowest BCUT2D eigenvalue weighted by atomic mass is 9.89. The van der Waals surface area contributed by atoms with Gasteiger partial charge < -0.3 is 49.8 Å². The topological polar surface area (TPSA) is 370 Å².